The van der Waals surface area contributed by atoms with Gasteiger partial charge in [0.25, 0.3) is 11.8 Å². The largest absolute Gasteiger partial charge is 0.444 e. The van der Waals surface area contributed by atoms with Crippen molar-refractivity contribution < 1.29 is 19.1 Å². The number of carbonyl (C=O) groups is 3. The quantitative estimate of drug-likeness (QED) is 0.278. The molecule has 2 rings (SSSR count). The molecule has 186 valence electrons. The number of alkyl carbamates (subject to hydrolysis) is 1. The lowest BCUT2D eigenvalue weighted by molar-refractivity contribution is -0.136. The monoisotopic (exact) mass is 515 g/mol. The number of nitrogens with one attached hydrogen (secondary N) is 2. The molecule has 2 N–H and O–H groups in total. The van der Waals surface area contributed by atoms with Crippen LogP contribution in [0.2, 0.25) is 5.02 Å². The molecule has 9 heteroatoms. The molecule has 0 saturated carbocycles. The normalized spacial score (nSPS) is 12.6. The summed E-state index contributed by atoms with van der Waals surface area (Å²) in [6.07, 6.45) is 4.95. The number of hydrogen-bond acceptors (Lipinski definition) is 5. The van der Waals surface area contributed by atoms with E-state index in [9.17, 15) is 14.4 Å². The van der Waals surface area contributed by atoms with E-state index in [1.807, 2.05) is 13.0 Å². The Morgan fingerprint density at radius 3 is 2.37 bits per heavy atom. The van der Waals surface area contributed by atoms with Crippen molar-refractivity contribution in [1.82, 2.24) is 10.2 Å². The molecule has 0 aromatic heterocycles. The van der Waals surface area contributed by atoms with Gasteiger partial charge in [0.15, 0.2) is 0 Å². The second-order valence-electron chi connectivity index (χ2n) is 8.96. The van der Waals surface area contributed by atoms with Crippen LogP contribution < -0.4 is 10.6 Å². The van der Waals surface area contributed by atoms with E-state index in [1.54, 1.807) is 64.1 Å². The van der Waals surface area contributed by atoms with Gasteiger partial charge in [-0.3, -0.25) is 14.5 Å². The molecule has 0 saturated heterocycles. The summed E-state index contributed by atoms with van der Waals surface area (Å²) < 4.78 is 5.25. The number of aryl methyl sites for hydroxylation is 2. The highest BCUT2D eigenvalue weighted by Gasteiger charge is 2.36. The summed E-state index contributed by atoms with van der Waals surface area (Å²) >= 11 is 10.5. The van der Waals surface area contributed by atoms with E-state index in [0.717, 1.165) is 16.0 Å². The molecule has 0 spiro atoms. The fraction of sp³-hybridized carbons (Fsp3) is 0.346. The molecule has 0 fully saturated rings. The van der Waals surface area contributed by atoms with Crippen LogP contribution in [0.1, 0.15) is 43.5 Å². The minimum atomic E-state index is -1.20. The summed E-state index contributed by atoms with van der Waals surface area (Å²) in [6, 6.07) is 12.3. The van der Waals surface area contributed by atoms with Crippen LogP contribution in [0.4, 0.5) is 10.5 Å². The molecule has 2 aromatic carbocycles. The van der Waals surface area contributed by atoms with Crippen LogP contribution in [0.3, 0.4) is 0 Å². The van der Waals surface area contributed by atoms with Gasteiger partial charge in [0.1, 0.15) is 17.7 Å². The second kappa shape index (κ2) is 12.0. The number of thiol groups is 1. The van der Waals surface area contributed by atoms with Gasteiger partial charge in [-0.05, 0) is 51.8 Å². The molecule has 0 aliphatic carbocycles. The van der Waals surface area contributed by atoms with E-state index in [1.165, 1.54) is 0 Å². The Balaban J connectivity index is 2.45. The Morgan fingerprint density at radius 1 is 1.17 bits per heavy atom. The number of terminal acetylenes is 1. The standard InChI is InChI=1S/C26H30ClN3O4S/c1-7-30(24(32)20(15-35)28-25(33)34-26(4,5)6)22(18-12-8-10-16(2)14-18)23(31)29-21-17(3)11-9-13-19(21)27/h1,8-14,20,22,35H,15H2,2-6H3,(H,28,33)(H,29,31). The summed E-state index contributed by atoms with van der Waals surface area (Å²) in [7, 11) is 0. The summed E-state index contributed by atoms with van der Waals surface area (Å²) in [6.45, 7) is 8.76. The lowest BCUT2D eigenvalue weighted by atomic mass is 10.0. The van der Waals surface area contributed by atoms with Crippen molar-refractivity contribution in [3.8, 4) is 12.5 Å². The molecule has 7 nitrogen and oxygen atoms in total. The lowest BCUT2D eigenvalue weighted by Crippen LogP contribution is -2.51. The smallest absolute Gasteiger partial charge is 0.408 e. The Hall–Kier alpha value is -3.15. The maximum Gasteiger partial charge on any atom is 0.408 e. The number of nitrogens with zero attached hydrogens (tertiary/aromatic N) is 1. The molecule has 0 radical (unpaired) electrons. The van der Waals surface area contributed by atoms with E-state index >= 15 is 0 Å². The first-order chi connectivity index (χ1) is 16.4. The zero-order chi connectivity index (χ0) is 26.3. The molecule has 0 aliphatic rings. The third-order valence-corrected chi connectivity index (χ3v) is 5.56. The van der Waals surface area contributed by atoms with Crippen molar-refractivity contribution in [1.29, 1.82) is 0 Å². The first-order valence-electron chi connectivity index (χ1n) is 10.9. The van der Waals surface area contributed by atoms with Crippen molar-refractivity contribution >= 4 is 47.8 Å². The zero-order valence-electron chi connectivity index (χ0n) is 20.4. The maximum atomic E-state index is 13.6. The molecular weight excluding hydrogens is 486 g/mol. The number of benzene rings is 2. The molecule has 2 unspecified atom stereocenters. The van der Waals surface area contributed by atoms with E-state index in [4.69, 9.17) is 22.8 Å². The summed E-state index contributed by atoms with van der Waals surface area (Å²) in [4.78, 5) is 40.3. The third kappa shape index (κ3) is 7.67. The third-order valence-electron chi connectivity index (χ3n) is 4.88. The number of rotatable bonds is 7. The van der Waals surface area contributed by atoms with Crippen LogP contribution in [-0.2, 0) is 14.3 Å². The predicted molar refractivity (Wildman–Crippen MR) is 141 cm³/mol. The number of anilines is 1. The second-order valence-corrected chi connectivity index (χ2v) is 9.73. The number of amides is 3. The predicted octanol–water partition coefficient (Wildman–Crippen LogP) is 4.88. The molecule has 35 heavy (non-hydrogen) atoms. The lowest BCUT2D eigenvalue weighted by Gasteiger charge is -2.30. The number of hydrogen-bond donors (Lipinski definition) is 3. The minimum absolute atomic E-state index is 0.0674. The topological polar surface area (TPSA) is 87.7 Å². The van der Waals surface area contributed by atoms with Crippen LogP contribution in [0.15, 0.2) is 42.5 Å². The fourth-order valence-corrected chi connectivity index (χ4v) is 3.82. The Bertz CT molecular complexity index is 1120. The van der Waals surface area contributed by atoms with E-state index in [0.29, 0.717) is 16.3 Å². The van der Waals surface area contributed by atoms with Crippen molar-refractivity contribution in [2.45, 2.75) is 52.3 Å². The van der Waals surface area contributed by atoms with Crippen LogP contribution >= 0.6 is 24.2 Å². The molecule has 0 aliphatic heterocycles. The molecular formula is C26H30ClN3O4S. The minimum Gasteiger partial charge on any atom is -0.444 e. The van der Waals surface area contributed by atoms with E-state index < -0.39 is 35.6 Å². The number of para-hydroxylation sites is 1. The van der Waals surface area contributed by atoms with Gasteiger partial charge in [-0.2, -0.15) is 12.6 Å². The van der Waals surface area contributed by atoms with Gasteiger partial charge in [0.2, 0.25) is 0 Å². The van der Waals surface area contributed by atoms with Crippen LogP contribution in [0, 0.1) is 26.3 Å². The van der Waals surface area contributed by atoms with Gasteiger partial charge in [0.05, 0.1) is 10.7 Å². The van der Waals surface area contributed by atoms with Crippen molar-refractivity contribution in [3.05, 3.63) is 64.2 Å². The highest BCUT2D eigenvalue weighted by Crippen LogP contribution is 2.29. The zero-order valence-corrected chi connectivity index (χ0v) is 22.0. The molecule has 0 bridgehead atoms. The van der Waals surface area contributed by atoms with Crippen molar-refractivity contribution in [3.63, 3.8) is 0 Å². The van der Waals surface area contributed by atoms with Gasteiger partial charge < -0.3 is 15.4 Å². The highest BCUT2D eigenvalue weighted by molar-refractivity contribution is 7.80. The summed E-state index contributed by atoms with van der Waals surface area (Å²) in [5, 5.41) is 5.64. The van der Waals surface area contributed by atoms with Crippen molar-refractivity contribution in [2.75, 3.05) is 11.1 Å². The Labute approximate surface area is 217 Å². The number of ether oxygens (including phenoxy) is 1. The van der Waals surface area contributed by atoms with Gasteiger partial charge in [-0.15, -0.1) is 0 Å². The van der Waals surface area contributed by atoms with Crippen LogP contribution in [0.25, 0.3) is 0 Å². The molecule has 2 aromatic rings. The van der Waals surface area contributed by atoms with Crippen molar-refractivity contribution in [2.24, 2.45) is 0 Å². The Morgan fingerprint density at radius 2 is 1.83 bits per heavy atom. The first kappa shape index (κ1) is 28.1. The highest BCUT2D eigenvalue weighted by atomic mass is 35.5. The van der Waals surface area contributed by atoms with Gasteiger partial charge in [-0.1, -0.05) is 60.0 Å². The summed E-state index contributed by atoms with van der Waals surface area (Å²) in [5.74, 6) is -1.32. The molecule has 3 amide bonds. The SMILES string of the molecule is C#CN(C(=O)C(CS)NC(=O)OC(C)(C)C)C(C(=O)Nc1c(C)cccc1Cl)c1cccc(C)c1. The molecule has 2 atom stereocenters. The van der Waals surface area contributed by atoms with E-state index in [2.05, 4.69) is 29.3 Å². The summed E-state index contributed by atoms with van der Waals surface area (Å²) in [5.41, 5.74) is 1.76. The first-order valence-corrected chi connectivity index (χ1v) is 11.9. The Kier molecular flexibility index (Phi) is 9.64. The van der Waals surface area contributed by atoms with Crippen LogP contribution in [0.5, 0.6) is 0 Å². The average molecular weight is 516 g/mol. The van der Waals surface area contributed by atoms with Gasteiger partial charge in [-0.25, -0.2) is 4.79 Å². The van der Waals surface area contributed by atoms with E-state index in [-0.39, 0.29) is 5.75 Å². The average Bonchev–Trinajstić information content (AvgIpc) is 2.76. The number of carbonyl (C=O) groups excluding carboxylic acids is 3. The fourth-order valence-electron chi connectivity index (χ4n) is 3.31. The van der Waals surface area contributed by atoms with Gasteiger partial charge in [0, 0.05) is 11.8 Å². The molecule has 0 heterocycles. The maximum absolute atomic E-state index is 13.6. The number of halogens is 1. The van der Waals surface area contributed by atoms with Crippen LogP contribution in [-0.4, -0.2) is 40.2 Å². The van der Waals surface area contributed by atoms with Gasteiger partial charge >= 0.3 is 6.09 Å².